The van der Waals surface area contributed by atoms with E-state index >= 15 is 0 Å². The molecule has 1 saturated heterocycles. The molecule has 1 aromatic rings. The Hall–Kier alpha value is -1.79. The van der Waals surface area contributed by atoms with Crippen LogP contribution in [0.5, 0.6) is 11.5 Å². The van der Waals surface area contributed by atoms with Gasteiger partial charge in [0, 0.05) is 31.6 Å². The molecule has 2 aliphatic rings. The summed E-state index contributed by atoms with van der Waals surface area (Å²) >= 11 is 0. The second kappa shape index (κ2) is 7.19. The van der Waals surface area contributed by atoms with Crippen molar-refractivity contribution in [3.8, 4) is 11.5 Å². The van der Waals surface area contributed by atoms with Gasteiger partial charge in [0.25, 0.3) is 0 Å². The van der Waals surface area contributed by atoms with Crippen LogP contribution in [0.2, 0.25) is 0 Å². The van der Waals surface area contributed by atoms with Crippen molar-refractivity contribution in [2.24, 2.45) is 5.41 Å². The van der Waals surface area contributed by atoms with E-state index in [-0.39, 0.29) is 24.7 Å². The Morgan fingerprint density at radius 2 is 2.00 bits per heavy atom. The molecule has 0 aromatic heterocycles. The maximum absolute atomic E-state index is 12.1. The predicted molar refractivity (Wildman–Crippen MR) is 83.5 cm³/mol. The van der Waals surface area contributed by atoms with E-state index in [9.17, 15) is 9.90 Å². The molecular weight excluding hydrogens is 298 g/mol. The summed E-state index contributed by atoms with van der Waals surface area (Å²) in [7, 11) is 0. The molecule has 2 heterocycles. The van der Waals surface area contributed by atoms with Crippen LogP contribution >= 0.6 is 0 Å². The van der Waals surface area contributed by atoms with E-state index in [2.05, 4.69) is 5.32 Å². The molecule has 2 aliphatic heterocycles. The van der Waals surface area contributed by atoms with Crippen molar-refractivity contribution in [1.29, 1.82) is 0 Å². The molecule has 6 nitrogen and oxygen atoms in total. The van der Waals surface area contributed by atoms with Crippen LogP contribution in [0.25, 0.3) is 0 Å². The normalized spacial score (nSPS) is 18.7. The van der Waals surface area contributed by atoms with Gasteiger partial charge in [0.15, 0.2) is 11.5 Å². The molecule has 0 atom stereocenters. The number of carbonyl (C=O) groups is 1. The number of aliphatic hydroxyl groups excluding tert-OH is 1. The van der Waals surface area contributed by atoms with Crippen molar-refractivity contribution in [3.63, 3.8) is 0 Å². The lowest BCUT2D eigenvalue weighted by molar-refractivity contribution is -0.122. The summed E-state index contributed by atoms with van der Waals surface area (Å²) in [5.41, 5.74) is 0.819. The molecule has 0 unspecified atom stereocenters. The van der Waals surface area contributed by atoms with Crippen LogP contribution in [0, 0.1) is 5.41 Å². The van der Waals surface area contributed by atoms with Crippen molar-refractivity contribution in [2.75, 3.05) is 33.2 Å². The maximum Gasteiger partial charge on any atom is 0.231 e. The summed E-state index contributed by atoms with van der Waals surface area (Å²) in [5.74, 6) is 1.49. The largest absolute Gasteiger partial charge is 0.454 e. The van der Waals surface area contributed by atoms with Crippen molar-refractivity contribution < 1.29 is 24.1 Å². The fourth-order valence-electron chi connectivity index (χ4n) is 2.92. The number of nitrogens with one attached hydrogen (secondary N) is 1. The second-order valence-electron chi connectivity index (χ2n) is 6.23. The monoisotopic (exact) mass is 321 g/mol. The fraction of sp³-hybridized carbons (Fsp3) is 0.588. The summed E-state index contributed by atoms with van der Waals surface area (Å²) in [4.78, 5) is 12.1. The minimum atomic E-state index is -0.230. The Morgan fingerprint density at radius 1 is 1.22 bits per heavy atom. The molecule has 6 heteroatoms. The summed E-state index contributed by atoms with van der Waals surface area (Å²) in [5, 5.41) is 12.6. The number of hydrogen-bond acceptors (Lipinski definition) is 5. The number of aryl methyl sites for hydroxylation is 1. The molecule has 1 aromatic carbocycles. The third-order valence-electron chi connectivity index (χ3n) is 4.63. The molecule has 0 bridgehead atoms. The van der Waals surface area contributed by atoms with E-state index in [0.29, 0.717) is 32.6 Å². The molecule has 0 saturated carbocycles. The number of amides is 1. The van der Waals surface area contributed by atoms with E-state index in [1.165, 1.54) is 0 Å². The average molecular weight is 321 g/mol. The Morgan fingerprint density at radius 3 is 2.78 bits per heavy atom. The third-order valence-corrected chi connectivity index (χ3v) is 4.63. The molecule has 0 aliphatic carbocycles. The van der Waals surface area contributed by atoms with E-state index in [1.807, 2.05) is 18.2 Å². The molecule has 2 N–H and O–H groups in total. The quantitative estimate of drug-likeness (QED) is 0.825. The molecule has 3 rings (SSSR count). The maximum atomic E-state index is 12.1. The van der Waals surface area contributed by atoms with Gasteiger partial charge in [-0.15, -0.1) is 0 Å². The van der Waals surface area contributed by atoms with Gasteiger partial charge in [-0.05, 0) is 37.0 Å². The Kier molecular flexibility index (Phi) is 5.03. The summed E-state index contributed by atoms with van der Waals surface area (Å²) in [6.45, 7) is 2.14. The first-order valence-electron chi connectivity index (χ1n) is 8.05. The molecule has 1 fully saturated rings. The molecule has 0 radical (unpaired) electrons. The van der Waals surface area contributed by atoms with Crippen LogP contribution in [0.1, 0.15) is 24.8 Å². The van der Waals surface area contributed by atoms with Crippen LogP contribution in [0.3, 0.4) is 0 Å². The molecule has 1 amide bonds. The highest BCUT2D eigenvalue weighted by atomic mass is 16.7. The zero-order valence-electron chi connectivity index (χ0n) is 13.2. The lowest BCUT2D eigenvalue weighted by Gasteiger charge is -2.35. The first kappa shape index (κ1) is 16.1. The van der Waals surface area contributed by atoms with Crippen LogP contribution in [0.4, 0.5) is 0 Å². The van der Waals surface area contributed by atoms with Crippen LogP contribution in [0.15, 0.2) is 18.2 Å². The van der Waals surface area contributed by atoms with Gasteiger partial charge in [0.05, 0.1) is 6.61 Å². The zero-order chi connectivity index (χ0) is 16.1. The number of ether oxygens (including phenoxy) is 3. The summed E-state index contributed by atoms with van der Waals surface area (Å²) in [6, 6.07) is 5.75. The number of fused-ring (bicyclic) bond motifs is 1. The Balaban J connectivity index is 1.46. The van der Waals surface area contributed by atoms with E-state index in [0.717, 1.165) is 29.9 Å². The highest BCUT2D eigenvalue weighted by molar-refractivity contribution is 5.76. The summed E-state index contributed by atoms with van der Waals surface area (Å²) in [6.07, 6.45) is 2.63. The van der Waals surface area contributed by atoms with Gasteiger partial charge in [-0.25, -0.2) is 0 Å². The minimum Gasteiger partial charge on any atom is -0.454 e. The third kappa shape index (κ3) is 3.95. The van der Waals surface area contributed by atoms with E-state index in [4.69, 9.17) is 14.2 Å². The predicted octanol–water partition coefficient (Wildman–Crippen LogP) is 1.25. The number of rotatable bonds is 6. The first-order valence-corrected chi connectivity index (χ1v) is 8.05. The van der Waals surface area contributed by atoms with Gasteiger partial charge in [-0.2, -0.15) is 0 Å². The standard InChI is InChI=1S/C17H23NO5/c19-11-17(5-7-21-8-6-17)10-18-16(20)4-2-13-1-3-14-15(9-13)23-12-22-14/h1,3,9,19H,2,4-8,10-12H2,(H,18,20). The van der Waals surface area contributed by atoms with Gasteiger partial charge >= 0.3 is 0 Å². The Bertz CT molecular complexity index is 554. The lowest BCUT2D eigenvalue weighted by atomic mass is 9.81. The van der Waals surface area contributed by atoms with Crippen molar-refractivity contribution in [2.45, 2.75) is 25.7 Å². The van der Waals surface area contributed by atoms with Gasteiger partial charge in [0.2, 0.25) is 12.7 Å². The number of benzene rings is 1. The fourth-order valence-corrected chi connectivity index (χ4v) is 2.92. The molecule has 23 heavy (non-hydrogen) atoms. The highest BCUT2D eigenvalue weighted by Crippen LogP contribution is 2.33. The van der Waals surface area contributed by atoms with Crippen LogP contribution in [-0.2, 0) is 16.0 Å². The van der Waals surface area contributed by atoms with Gasteiger partial charge in [-0.3, -0.25) is 4.79 Å². The van der Waals surface area contributed by atoms with Gasteiger partial charge in [0.1, 0.15) is 0 Å². The van der Waals surface area contributed by atoms with Crippen LogP contribution < -0.4 is 14.8 Å². The second-order valence-corrected chi connectivity index (χ2v) is 6.23. The number of hydrogen-bond donors (Lipinski definition) is 2. The van der Waals surface area contributed by atoms with Crippen LogP contribution in [-0.4, -0.2) is 44.2 Å². The van der Waals surface area contributed by atoms with Crippen molar-refractivity contribution >= 4 is 5.91 Å². The van der Waals surface area contributed by atoms with E-state index < -0.39 is 0 Å². The number of aliphatic hydroxyl groups is 1. The highest BCUT2D eigenvalue weighted by Gasteiger charge is 2.32. The van der Waals surface area contributed by atoms with Gasteiger partial charge in [-0.1, -0.05) is 6.07 Å². The average Bonchev–Trinajstić information content (AvgIpc) is 3.06. The van der Waals surface area contributed by atoms with E-state index in [1.54, 1.807) is 0 Å². The zero-order valence-corrected chi connectivity index (χ0v) is 13.2. The number of carbonyl (C=O) groups excluding carboxylic acids is 1. The van der Waals surface area contributed by atoms with Gasteiger partial charge < -0.3 is 24.6 Å². The summed E-state index contributed by atoms with van der Waals surface area (Å²) < 4.78 is 15.9. The molecule has 0 spiro atoms. The Labute approximate surface area is 135 Å². The lowest BCUT2D eigenvalue weighted by Crippen LogP contribution is -2.43. The first-order chi connectivity index (χ1) is 11.2. The SMILES string of the molecule is O=C(CCc1ccc2c(c1)OCO2)NCC1(CO)CCOCC1. The molecule has 126 valence electrons. The smallest absolute Gasteiger partial charge is 0.231 e. The topological polar surface area (TPSA) is 77.0 Å². The molecular formula is C17H23NO5. The van der Waals surface area contributed by atoms with Crippen molar-refractivity contribution in [3.05, 3.63) is 23.8 Å². The van der Waals surface area contributed by atoms with Crippen molar-refractivity contribution in [1.82, 2.24) is 5.32 Å². The minimum absolute atomic E-state index is 0.00184.